The lowest BCUT2D eigenvalue weighted by Gasteiger charge is -2.05. The molecule has 0 bridgehead atoms. The summed E-state index contributed by atoms with van der Waals surface area (Å²) in [6, 6.07) is 6.21. The average Bonchev–Trinajstić information content (AvgIpc) is 2.88. The Balaban J connectivity index is 2.33. The van der Waals surface area contributed by atoms with Crippen molar-refractivity contribution in [2.24, 2.45) is 0 Å². The first-order chi connectivity index (χ1) is 5.81. The SMILES string of the molecule is COc1cc(C2CO2)ccc1C. The van der Waals surface area contributed by atoms with Gasteiger partial charge in [-0.25, -0.2) is 0 Å². The van der Waals surface area contributed by atoms with Gasteiger partial charge in [0.25, 0.3) is 0 Å². The van der Waals surface area contributed by atoms with Crippen molar-refractivity contribution in [1.82, 2.24) is 0 Å². The van der Waals surface area contributed by atoms with Gasteiger partial charge in [0.15, 0.2) is 0 Å². The van der Waals surface area contributed by atoms with Crippen LogP contribution in [-0.2, 0) is 4.74 Å². The molecule has 1 heterocycles. The molecule has 1 saturated heterocycles. The fourth-order valence-electron chi connectivity index (χ4n) is 1.28. The molecule has 0 spiro atoms. The zero-order chi connectivity index (χ0) is 8.55. The summed E-state index contributed by atoms with van der Waals surface area (Å²) in [4.78, 5) is 0. The molecule has 1 unspecified atom stereocenters. The van der Waals surface area contributed by atoms with Crippen LogP contribution in [-0.4, -0.2) is 13.7 Å². The van der Waals surface area contributed by atoms with Crippen molar-refractivity contribution in [1.29, 1.82) is 0 Å². The first-order valence-electron chi connectivity index (χ1n) is 4.07. The Bertz CT molecular complexity index is 290. The monoisotopic (exact) mass is 164 g/mol. The standard InChI is InChI=1S/C10H12O2/c1-7-3-4-8(10-6-12-10)5-9(7)11-2/h3-5,10H,6H2,1-2H3. The molecule has 1 aromatic rings. The van der Waals surface area contributed by atoms with E-state index in [1.165, 1.54) is 11.1 Å². The summed E-state index contributed by atoms with van der Waals surface area (Å²) in [6.45, 7) is 2.89. The summed E-state index contributed by atoms with van der Waals surface area (Å²) in [5, 5.41) is 0. The third-order valence-electron chi connectivity index (χ3n) is 2.14. The van der Waals surface area contributed by atoms with Gasteiger partial charge >= 0.3 is 0 Å². The van der Waals surface area contributed by atoms with Crippen molar-refractivity contribution in [2.75, 3.05) is 13.7 Å². The van der Waals surface area contributed by atoms with E-state index in [0.717, 1.165) is 12.4 Å². The van der Waals surface area contributed by atoms with E-state index in [9.17, 15) is 0 Å². The van der Waals surface area contributed by atoms with Gasteiger partial charge in [-0.05, 0) is 24.1 Å². The van der Waals surface area contributed by atoms with Crippen molar-refractivity contribution in [3.8, 4) is 5.75 Å². The highest BCUT2D eigenvalue weighted by molar-refractivity contribution is 5.38. The molecule has 1 atom stereocenters. The van der Waals surface area contributed by atoms with Crippen molar-refractivity contribution in [2.45, 2.75) is 13.0 Å². The first kappa shape index (κ1) is 7.62. The predicted molar refractivity (Wildman–Crippen MR) is 46.4 cm³/mol. The molecule has 1 fully saturated rings. The summed E-state index contributed by atoms with van der Waals surface area (Å²) in [7, 11) is 1.69. The maximum atomic E-state index is 5.21. The predicted octanol–water partition coefficient (Wildman–Crippen LogP) is 2.07. The van der Waals surface area contributed by atoms with E-state index in [4.69, 9.17) is 9.47 Å². The van der Waals surface area contributed by atoms with Crippen LogP contribution < -0.4 is 4.74 Å². The van der Waals surface area contributed by atoms with Crippen LogP contribution >= 0.6 is 0 Å². The fourth-order valence-corrected chi connectivity index (χ4v) is 1.28. The second-order valence-corrected chi connectivity index (χ2v) is 3.05. The number of rotatable bonds is 2. The summed E-state index contributed by atoms with van der Waals surface area (Å²) >= 11 is 0. The highest BCUT2D eigenvalue weighted by Crippen LogP contribution is 2.32. The summed E-state index contributed by atoms with van der Waals surface area (Å²) in [5.41, 5.74) is 2.39. The highest BCUT2D eigenvalue weighted by atomic mass is 16.6. The van der Waals surface area contributed by atoms with Gasteiger partial charge < -0.3 is 9.47 Å². The molecule has 2 nitrogen and oxygen atoms in total. The Morgan fingerprint density at radius 2 is 2.25 bits per heavy atom. The summed E-state index contributed by atoms with van der Waals surface area (Å²) < 4.78 is 10.4. The van der Waals surface area contributed by atoms with Crippen molar-refractivity contribution in [3.05, 3.63) is 29.3 Å². The van der Waals surface area contributed by atoms with Gasteiger partial charge in [-0.2, -0.15) is 0 Å². The van der Waals surface area contributed by atoms with Gasteiger partial charge in [0.2, 0.25) is 0 Å². The number of hydrogen-bond donors (Lipinski definition) is 0. The zero-order valence-corrected chi connectivity index (χ0v) is 7.33. The smallest absolute Gasteiger partial charge is 0.122 e. The molecule has 1 aliphatic rings. The summed E-state index contributed by atoms with van der Waals surface area (Å²) in [6.07, 6.45) is 0.319. The van der Waals surface area contributed by atoms with E-state index in [1.54, 1.807) is 7.11 Å². The van der Waals surface area contributed by atoms with Gasteiger partial charge in [-0.1, -0.05) is 12.1 Å². The number of epoxide rings is 1. The molecule has 1 aromatic carbocycles. The lowest BCUT2D eigenvalue weighted by atomic mass is 10.1. The van der Waals surface area contributed by atoms with Gasteiger partial charge in [-0.15, -0.1) is 0 Å². The van der Waals surface area contributed by atoms with E-state index in [1.807, 2.05) is 13.0 Å². The highest BCUT2D eigenvalue weighted by Gasteiger charge is 2.25. The Hall–Kier alpha value is -1.02. The average molecular weight is 164 g/mol. The maximum Gasteiger partial charge on any atom is 0.122 e. The van der Waals surface area contributed by atoms with Crippen LogP contribution in [0.4, 0.5) is 0 Å². The fraction of sp³-hybridized carbons (Fsp3) is 0.400. The van der Waals surface area contributed by atoms with Crippen molar-refractivity contribution >= 4 is 0 Å². The van der Waals surface area contributed by atoms with Gasteiger partial charge in [0.05, 0.1) is 13.7 Å². The molecule has 0 aliphatic carbocycles. The summed E-state index contributed by atoms with van der Waals surface area (Å²) in [5.74, 6) is 0.947. The Morgan fingerprint density at radius 1 is 1.50 bits per heavy atom. The van der Waals surface area contributed by atoms with Crippen molar-refractivity contribution in [3.63, 3.8) is 0 Å². The Labute approximate surface area is 72.1 Å². The second-order valence-electron chi connectivity index (χ2n) is 3.05. The third-order valence-corrected chi connectivity index (χ3v) is 2.14. The Morgan fingerprint density at radius 3 is 2.83 bits per heavy atom. The first-order valence-corrected chi connectivity index (χ1v) is 4.07. The number of aryl methyl sites for hydroxylation is 1. The molecule has 0 N–H and O–H groups in total. The second kappa shape index (κ2) is 2.79. The normalized spacial score (nSPS) is 20.7. The van der Waals surface area contributed by atoms with Crippen LogP contribution in [0.25, 0.3) is 0 Å². The van der Waals surface area contributed by atoms with Gasteiger partial charge in [0.1, 0.15) is 11.9 Å². The van der Waals surface area contributed by atoms with Crippen LogP contribution in [0.15, 0.2) is 18.2 Å². The molecule has 0 amide bonds. The Kier molecular flexibility index (Phi) is 1.77. The van der Waals surface area contributed by atoms with Crippen LogP contribution in [0.3, 0.4) is 0 Å². The number of benzene rings is 1. The molecule has 12 heavy (non-hydrogen) atoms. The molecule has 2 heteroatoms. The molecular formula is C10H12O2. The minimum absolute atomic E-state index is 0.319. The number of ether oxygens (including phenoxy) is 2. The molecular weight excluding hydrogens is 152 g/mol. The van der Waals surface area contributed by atoms with E-state index in [-0.39, 0.29) is 0 Å². The number of hydrogen-bond acceptors (Lipinski definition) is 2. The molecule has 0 saturated carbocycles. The minimum Gasteiger partial charge on any atom is -0.496 e. The van der Waals surface area contributed by atoms with Gasteiger partial charge in [0, 0.05) is 0 Å². The quantitative estimate of drug-likeness (QED) is 0.624. The number of methoxy groups -OCH3 is 1. The van der Waals surface area contributed by atoms with Crippen LogP contribution in [0.2, 0.25) is 0 Å². The lowest BCUT2D eigenvalue weighted by Crippen LogP contribution is -1.89. The topological polar surface area (TPSA) is 21.8 Å². The molecule has 0 radical (unpaired) electrons. The van der Waals surface area contributed by atoms with Crippen LogP contribution in [0.1, 0.15) is 17.2 Å². The van der Waals surface area contributed by atoms with Crippen LogP contribution in [0, 0.1) is 6.92 Å². The zero-order valence-electron chi connectivity index (χ0n) is 7.33. The largest absolute Gasteiger partial charge is 0.496 e. The maximum absolute atomic E-state index is 5.21. The molecule has 2 rings (SSSR count). The molecule has 0 aromatic heterocycles. The molecule has 1 aliphatic heterocycles. The lowest BCUT2D eigenvalue weighted by molar-refractivity contribution is 0.403. The van der Waals surface area contributed by atoms with E-state index in [0.29, 0.717) is 6.10 Å². The van der Waals surface area contributed by atoms with Crippen LogP contribution in [0.5, 0.6) is 5.75 Å². The van der Waals surface area contributed by atoms with Gasteiger partial charge in [-0.3, -0.25) is 0 Å². The minimum atomic E-state index is 0.319. The van der Waals surface area contributed by atoms with E-state index in [2.05, 4.69) is 12.1 Å². The van der Waals surface area contributed by atoms with E-state index >= 15 is 0 Å². The van der Waals surface area contributed by atoms with Crippen molar-refractivity contribution < 1.29 is 9.47 Å². The molecule has 64 valence electrons. The third kappa shape index (κ3) is 1.30. The van der Waals surface area contributed by atoms with E-state index < -0.39 is 0 Å².